The topological polar surface area (TPSA) is 80.5 Å². The molecule has 0 N–H and O–H groups in total. The molecule has 0 aromatic heterocycles. The quantitative estimate of drug-likeness (QED) is 0.318. The number of benzene rings is 2. The lowest BCUT2D eigenvalue weighted by Gasteiger charge is -2.20. The van der Waals surface area contributed by atoms with E-state index >= 15 is 0 Å². The lowest BCUT2D eigenvalue weighted by Crippen LogP contribution is -2.34. The van der Waals surface area contributed by atoms with E-state index in [9.17, 15) is 19.7 Å². The number of hydrogen-bond donors (Lipinski definition) is 0. The molecule has 0 radical (unpaired) electrons. The molecule has 2 bridgehead atoms. The van der Waals surface area contributed by atoms with E-state index in [1.54, 1.807) is 13.0 Å². The van der Waals surface area contributed by atoms with Crippen LogP contribution in [0, 0.1) is 47.6 Å². The Labute approximate surface area is 180 Å². The van der Waals surface area contributed by atoms with E-state index in [2.05, 4.69) is 0 Å². The number of carbonyl (C=O) groups is 2. The van der Waals surface area contributed by atoms with E-state index < -0.39 is 16.8 Å². The molecule has 6 nitrogen and oxygen atoms in total. The molecule has 2 fully saturated rings. The van der Waals surface area contributed by atoms with Crippen molar-refractivity contribution in [3.05, 3.63) is 87.0 Å². The van der Waals surface area contributed by atoms with Crippen LogP contribution in [0.5, 0.6) is 0 Å². The minimum absolute atomic E-state index is 0.0854. The van der Waals surface area contributed by atoms with E-state index in [4.69, 9.17) is 0 Å². The Hall–Kier alpha value is -3.54. The number of fused-ring (bicyclic) bond motifs is 5. The zero-order valence-electron chi connectivity index (χ0n) is 17.5. The molecule has 4 atom stereocenters. The van der Waals surface area contributed by atoms with Crippen LogP contribution in [0.1, 0.15) is 23.6 Å². The number of imide groups is 1. The molecule has 1 saturated heterocycles. The van der Waals surface area contributed by atoms with Gasteiger partial charge in [0.2, 0.25) is 11.8 Å². The van der Waals surface area contributed by atoms with E-state index in [1.807, 2.05) is 56.3 Å². The average Bonchev–Trinajstić information content (AvgIpc) is 3.39. The first kappa shape index (κ1) is 19.4. The van der Waals surface area contributed by atoms with Gasteiger partial charge in [0.25, 0.3) is 5.69 Å². The van der Waals surface area contributed by atoms with Crippen LogP contribution in [-0.4, -0.2) is 16.7 Å². The van der Waals surface area contributed by atoms with Gasteiger partial charge in [-0.05, 0) is 49.1 Å². The molecule has 6 heteroatoms. The number of aryl methyl sites for hydroxylation is 2. The van der Waals surface area contributed by atoms with Crippen LogP contribution < -0.4 is 4.90 Å². The van der Waals surface area contributed by atoms with Crippen molar-refractivity contribution < 1.29 is 14.5 Å². The maximum Gasteiger partial charge on any atom is 0.293 e. The van der Waals surface area contributed by atoms with E-state index in [-0.39, 0.29) is 35.0 Å². The summed E-state index contributed by atoms with van der Waals surface area (Å²) in [6, 6.07) is 13.0. The summed E-state index contributed by atoms with van der Waals surface area (Å²) in [5.74, 6) is -1.98. The minimum Gasteiger partial charge on any atom is -0.274 e. The van der Waals surface area contributed by atoms with Gasteiger partial charge >= 0.3 is 0 Å². The van der Waals surface area contributed by atoms with E-state index in [0.29, 0.717) is 0 Å². The number of nitro groups is 1. The minimum atomic E-state index is -0.520. The average molecular weight is 414 g/mol. The van der Waals surface area contributed by atoms with Crippen LogP contribution in [0.15, 0.2) is 60.2 Å². The molecule has 2 aliphatic carbocycles. The Bertz CT molecular complexity index is 1180. The molecule has 2 aromatic rings. The molecule has 156 valence electrons. The number of nitrogens with zero attached hydrogens (tertiary/aromatic N) is 2. The lowest BCUT2D eigenvalue weighted by molar-refractivity contribution is -0.384. The van der Waals surface area contributed by atoms with Gasteiger partial charge in [-0.25, -0.2) is 4.90 Å². The van der Waals surface area contributed by atoms with Crippen LogP contribution in [0.2, 0.25) is 0 Å². The predicted octanol–water partition coefficient (Wildman–Crippen LogP) is 4.61. The van der Waals surface area contributed by atoms with Crippen molar-refractivity contribution in [1.82, 2.24) is 0 Å². The molecule has 2 amide bonds. The van der Waals surface area contributed by atoms with Crippen LogP contribution in [0.4, 0.5) is 11.4 Å². The second-order valence-corrected chi connectivity index (χ2v) is 8.63. The summed E-state index contributed by atoms with van der Waals surface area (Å²) in [6.45, 7) is 5.64. The predicted molar refractivity (Wildman–Crippen MR) is 117 cm³/mol. The second kappa shape index (κ2) is 6.74. The van der Waals surface area contributed by atoms with Crippen molar-refractivity contribution >= 4 is 28.8 Å². The standard InChI is InChI=1S/C25H22N2O4/c1-13-11-19(20(27(30)31)12-14(13)2)26-24(28)22-17-9-10-18(23(22)25(26)29)21(17)15(3)16-7-5-4-6-8-16/h4-12,17-18,22-23H,1-3H3. The highest BCUT2D eigenvalue weighted by atomic mass is 16.6. The zero-order valence-corrected chi connectivity index (χ0v) is 17.5. The van der Waals surface area contributed by atoms with Crippen molar-refractivity contribution in [3.63, 3.8) is 0 Å². The zero-order chi connectivity index (χ0) is 22.0. The molecular weight excluding hydrogens is 392 g/mol. The van der Waals surface area contributed by atoms with Gasteiger partial charge in [0.1, 0.15) is 5.69 Å². The van der Waals surface area contributed by atoms with Crippen molar-refractivity contribution in [1.29, 1.82) is 0 Å². The summed E-state index contributed by atoms with van der Waals surface area (Å²) >= 11 is 0. The first-order valence-corrected chi connectivity index (χ1v) is 10.4. The van der Waals surface area contributed by atoms with E-state index in [1.165, 1.54) is 6.07 Å². The normalized spacial score (nSPS) is 26.0. The summed E-state index contributed by atoms with van der Waals surface area (Å²) < 4.78 is 0. The van der Waals surface area contributed by atoms with Gasteiger partial charge in [-0.2, -0.15) is 0 Å². The van der Waals surface area contributed by atoms with Crippen LogP contribution >= 0.6 is 0 Å². The van der Waals surface area contributed by atoms with Gasteiger partial charge < -0.3 is 0 Å². The van der Waals surface area contributed by atoms with Crippen molar-refractivity contribution in [3.8, 4) is 0 Å². The molecule has 5 rings (SSSR count). The van der Waals surface area contributed by atoms with Gasteiger partial charge in [-0.15, -0.1) is 0 Å². The number of amides is 2. The van der Waals surface area contributed by atoms with Gasteiger partial charge in [-0.1, -0.05) is 48.1 Å². The number of nitro benzene ring substituents is 1. The number of rotatable bonds is 3. The summed E-state index contributed by atoms with van der Waals surface area (Å²) in [7, 11) is 0. The van der Waals surface area contributed by atoms with Gasteiger partial charge in [0, 0.05) is 17.9 Å². The highest BCUT2D eigenvalue weighted by molar-refractivity contribution is 6.24. The first-order chi connectivity index (χ1) is 14.8. The number of allylic oxidation sites excluding steroid dienone is 4. The Balaban J connectivity index is 1.59. The summed E-state index contributed by atoms with van der Waals surface area (Å²) in [6.07, 6.45) is 4.05. The number of carbonyl (C=O) groups excluding carboxylic acids is 2. The number of hydrogen-bond acceptors (Lipinski definition) is 4. The van der Waals surface area contributed by atoms with Crippen molar-refractivity contribution in [2.24, 2.45) is 23.7 Å². The molecule has 2 aromatic carbocycles. The molecule has 3 aliphatic rings. The highest BCUT2D eigenvalue weighted by Crippen LogP contribution is 2.58. The third kappa shape index (κ3) is 2.64. The van der Waals surface area contributed by atoms with Gasteiger partial charge in [0.05, 0.1) is 16.8 Å². The third-order valence-corrected chi connectivity index (χ3v) is 7.08. The van der Waals surface area contributed by atoms with Gasteiger partial charge in [0.15, 0.2) is 0 Å². The monoisotopic (exact) mass is 414 g/mol. The fraction of sp³-hybridized carbons (Fsp3) is 0.280. The van der Waals surface area contributed by atoms with Crippen molar-refractivity contribution in [2.45, 2.75) is 20.8 Å². The molecule has 4 unspecified atom stereocenters. The second-order valence-electron chi connectivity index (χ2n) is 8.63. The Morgan fingerprint density at radius 2 is 1.48 bits per heavy atom. The maximum absolute atomic E-state index is 13.5. The highest BCUT2D eigenvalue weighted by Gasteiger charge is 2.62. The largest absolute Gasteiger partial charge is 0.293 e. The van der Waals surface area contributed by atoms with Crippen molar-refractivity contribution in [2.75, 3.05) is 4.90 Å². The van der Waals surface area contributed by atoms with E-state index in [0.717, 1.165) is 32.7 Å². The van der Waals surface area contributed by atoms with Crippen LogP contribution in [0.25, 0.3) is 5.57 Å². The Kier molecular flexibility index (Phi) is 4.22. The fourth-order valence-corrected chi connectivity index (χ4v) is 5.47. The van der Waals surface area contributed by atoms with Crippen LogP contribution in [0.3, 0.4) is 0 Å². The fourth-order valence-electron chi connectivity index (χ4n) is 5.47. The summed E-state index contributed by atoms with van der Waals surface area (Å²) in [5.41, 5.74) is 4.73. The smallest absolute Gasteiger partial charge is 0.274 e. The lowest BCUT2D eigenvalue weighted by atomic mass is 9.85. The summed E-state index contributed by atoms with van der Waals surface area (Å²) in [4.78, 5) is 39.2. The Morgan fingerprint density at radius 3 is 2.03 bits per heavy atom. The molecule has 1 heterocycles. The number of anilines is 1. The third-order valence-electron chi connectivity index (χ3n) is 7.08. The SMILES string of the molecule is CC(=C1C2C=CC1C1C(=O)N(c3cc(C)c(C)cc3[N+](=O)[O-])C(=O)C21)c1ccccc1. The summed E-state index contributed by atoms with van der Waals surface area (Å²) in [5, 5.41) is 11.7. The van der Waals surface area contributed by atoms with Gasteiger partial charge in [-0.3, -0.25) is 19.7 Å². The first-order valence-electron chi connectivity index (χ1n) is 10.4. The Morgan fingerprint density at radius 1 is 0.935 bits per heavy atom. The van der Waals surface area contributed by atoms with Crippen LogP contribution in [-0.2, 0) is 9.59 Å². The molecule has 1 saturated carbocycles. The molecular formula is C25H22N2O4. The maximum atomic E-state index is 13.5. The molecule has 1 aliphatic heterocycles. The molecule has 31 heavy (non-hydrogen) atoms. The molecule has 0 spiro atoms.